The molecule has 172 valence electrons. The van der Waals surface area contributed by atoms with Crippen molar-refractivity contribution in [3.63, 3.8) is 0 Å². The third-order valence-corrected chi connectivity index (χ3v) is 6.72. The van der Waals surface area contributed by atoms with Crippen LogP contribution >= 0.6 is 0 Å². The van der Waals surface area contributed by atoms with Gasteiger partial charge in [-0.2, -0.15) is 5.10 Å². The number of hydrogen-bond donors (Lipinski definition) is 2. The minimum absolute atomic E-state index is 0.763. The summed E-state index contributed by atoms with van der Waals surface area (Å²) in [5.74, 6) is 0. The molecule has 35 heavy (non-hydrogen) atoms. The molecule has 8 heteroatoms. The van der Waals surface area contributed by atoms with Crippen molar-refractivity contribution in [2.45, 2.75) is 19.4 Å². The number of furan rings is 1. The van der Waals surface area contributed by atoms with Gasteiger partial charge in [0.2, 0.25) is 0 Å². The lowest BCUT2D eigenvalue weighted by Gasteiger charge is -2.14. The normalized spacial score (nSPS) is 14.4. The van der Waals surface area contributed by atoms with Crippen molar-refractivity contribution in [3.8, 4) is 33.8 Å². The highest BCUT2D eigenvalue weighted by molar-refractivity contribution is 5.98. The zero-order valence-corrected chi connectivity index (χ0v) is 19.0. The SMILES string of the molecule is c1cc(-c2ccoc2)c2cc(-c3n[nH]c4ccc(-c5cncc(CN6CCCC6)c5)nc34)[nH]c2n1. The summed E-state index contributed by atoms with van der Waals surface area (Å²) in [6.07, 6.45) is 11.6. The van der Waals surface area contributed by atoms with Crippen LogP contribution in [0.2, 0.25) is 0 Å². The Balaban J connectivity index is 1.28. The Kier molecular flexibility index (Phi) is 4.70. The van der Waals surface area contributed by atoms with Crippen LogP contribution in [0.5, 0.6) is 0 Å². The highest BCUT2D eigenvalue weighted by Gasteiger charge is 2.17. The van der Waals surface area contributed by atoms with Crippen LogP contribution in [0.1, 0.15) is 18.4 Å². The molecule has 7 heterocycles. The Bertz CT molecular complexity index is 1640. The topological polar surface area (TPSA) is 99.5 Å². The maximum Gasteiger partial charge on any atom is 0.138 e. The van der Waals surface area contributed by atoms with E-state index >= 15 is 0 Å². The standard InChI is InChI=1S/C27H23N7O/c1-2-9-34(8-1)15-17-11-19(14-28-13-17)22-3-4-23-25(30-22)26(33-32-23)24-12-21-20(18-6-10-35-16-18)5-7-29-27(21)31-24/h3-7,10-14,16H,1-2,8-9,15H2,(H,29,31)(H,32,33). The van der Waals surface area contributed by atoms with Crippen LogP contribution < -0.4 is 0 Å². The molecule has 2 N–H and O–H groups in total. The molecule has 0 unspecified atom stereocenters. The Morgan fingerprint density at radius 1 is 1.00 bits per heavy atom. The number of rotatable bonds is 5. The molecule has 0 amide bonds. The van der Waals surface area contributed by atoms with E-state index in [1.807, 2.05) is 36.7 Å². The van der Waals surface area contributed by atoms with Crippen molar-refractivity contribution in [1.82, 2.24) is 35.0 Å². The van der Waals surface area contributed by atoms with Gasteiger partial charge in [0.05, 0.1) is 29.4 Å². The van der Waals surface area contributed by atoms with Crippen LogP contribution in [-0.4, -0.2) is 48.1 Å². The number of pyridine rings is 3. The molecular weight excluding hydrogens is 438 g/mol. The number of fused-ring (bicyclic) bond motifs is 2. The van der Waals surface area contributed by atoms with Crippen molar-refractivity contribution in [3.05, 3.63) is 73.1 Å². The van der Waals surface area contributed by atoms with E-state index in [-0.39, 0.29) is 0 Å². The minimum atomic E-state index is 0.763. The first-order chi connectivity index (χ1) is 17.3. The fourth-order valence-electron chi connectivity index (χ4n) is 4.98. The molecule has 0 radical (unpaired) electrons. The third-order valence-electron chi connectivity index (χ3n) is 6.72. The largest absolute Gasteiger partial charge is 0.472 e. The Morgan fingerprint density at radius 3 is 2.83 bits per heavy atom. The molecule has 0 aromatic carbocycles. The van der Waals surface area contributed by atoms with Gasteiger partial charge >= 0.3 is 0 Å². The lowest BCUT2D eigenvalue weighted by Crippen LogP contribution is -2.18. The van der Waals surface area contributed by atoms with Crippen LogP contribution in [0.15, 0.2) is 71.9 Å². The minimum Gasteiger partial charge on any atom is -0.472 e. The summed E-state index contributed by atoms with van der Waals surface area (Å²) in [4.78, 5) is 19.9. The van der Waals surface area contributed by atoms with Gasteiger partial charge in [0, 0.05) is 41.6 Å². The van der Waals surface area contributed by atoms with E-state index in [0.29, 0.717) is 0 Å². The van der Waals surface area contributed by atoms with Gasteiger partial charge in [-0.15, -0.1) is 0 Å². The van der Waals surface area contributed by atoms with E-state index in [0.717, 1.165) is 75.5 Å². The maximum absolute atomic E-state index is 5.29. The van der Waals surface area contributed by atoms with Crippen LogP contribution in [0.4, 0.5) is 0 Å². The molecule has 1 fully saturated rings. The van der Waals surface area contributed by atoms with E-state index in [9.17, 15) is 0 Å². The molecule has 6 aromatic rings. The molecule has 8 nitrogen and oxygen atoms in total. The van der Waals surface area contributed by atoms with Crippen molar-refractivity contribution in [2.24, 2.45) is 0 Å². The van der Waals surface area contributed by atoms with Crippen molar-refractivity contribution < 1.29 is 4.42 Å². The first-order valence-electron chi connectivity index (χ1n) is 11.8. The monoisotopic (exact) mass is 461 g/mol. The van der Waals surface area contributed by atoms with Crippen LogP contribution in [-0.2, 0) is 6.54 Å². The molecule has 0 saturated carbocycles. The van der Waals surface area contributed by atoms with Crippen LogP contribution in [0.25, 0.3) is 55.8 Å². The molecule has 7 rings (SSSR count). The van der Waals surface area contributed by atoms with E-state index in [2.05, 4.69) is 42.2 Å². The van der Waals surface area contributed by atoms with Gasteiger partial charge < -0.3 is 9.40 Å². The maximum atomic E-state index is 5.29. The first kappa shape index (κ1) is 20.1. The summed E-state index contributed by atoms with van der Waals surface area (Å²) in [5.41, 5.74) is 9.28. The summed E-state index contributed by atoms with van der Waals surface area (Å²) in [7, 11) is 0. The number of aromatic nitrogens is 6. The molecular formula is C27H23N7O. The molecule has 1 aliphatic heterocycles. The van der Waals surface area contributed by atoms with Gasteiger partial charge in [0.25, 0.3) is 0 Å². The summed E-state index contributed by atoms with van der Waals surface area (Å²) >= 11 is 0. The Morgan fingerprint density at radius 2 is 1.94 bits per heavy atom. The van der Waals surface area contributed by atoms with Gasteiger partial charge in [0.15, 0.2) is 0 Å². The third kappa shape index (κ3) is 3.59. The number of nitrogens with one attached hydrogen (secondary N) is 2. The van der Waals surface area contributed by atoms with Gasteiger partial charge in [-0.25, -0.2) is 9.97 Å². The predicted molar refractivity (Wildman–Crippen MR) is 134 cm³/mol. The fourth-order valence-corrected chi connectivity index (χ4v) is 4.98. The lowest BCUT2D eigenvalue weighted by molar-refractivity contribution is 0.331. The summed E-state index contributed by atoms with van der Waals surface area (Å²) in [6, 6.07) is 12.3. The van der Waals surface area contributed by atoms with Crippen molar-refractivity contribution in [2.75, 3.05) is 13.1 Å². The summed E-state index contributed by atoms with van der Waals surface area (Å²) < 4.78 is 5.29. The second-order valence-corrected chi connectivity index (χ2v) is 9.05. The second kappa shape index (κ2) is 8.18. The Hall–Kier alpha value is -4.30. The zero-order valence-electron chi connectivity index (χ0n) is 19.0. The lowest BCUT2D eigenvalue weighted by atomic mass is 10.1. The van der Waals surface area contributed by atoms with Gasteiger partial charge in [-0.3, -0.25) is 15.0 Å². The molecule has 1 aliphatic rings. The highest BCUT2D eigenvalue weighted by Crippen LogP contribution is 2.33. The van der Waals surface area contributed by atoms with E-state index in [1.165, 1.54) is 18.4 Å². The molecule has 0 atom stereocenters. The predicted octanol–water partition coefficient (Wildman–Crippen LogP) is 5.42. The van der Waals surface area contributed by atoms with Crippen molar-refractivity contribution in [1.29, 1.82) is 0 Å². The fraction of sp³-hybridized carbons (Fsp3) is 0.185. The highest BCUT2D eigenvalue weighted by atomic mass is 16.3. The first-order valence-corrected chi connectivity index (χ1v) is 11.8. The van der Waals surface area contributed by atoms with Gasteiger partial charge in [0.1, 0.15) is 16.9 Å². The van der Waals surface area contributed by atoms with Crippen molar-refractivity contribution >= 4 is 22.1 Å². The summed E-state index contributed by atoms with van der Waals surface area (Å²) in [6.45, 7) is 3.25. The number of H-pyrrole nitrogens is 2. The molecule has 1 saturated heterocycles. The number of likely N-dealkylation sites (tertiary alicyclic amines) is 1. The van der Waals surface area contributed by atoms with Crippen LogP contribution in [0.3, 0.4) is 0 Å². The Labute approximate surface area is 201 Å². The number of aromatic amines is 2. The van der Waals surface area contributed by atoms with Gasteiger partial charge in [-0.05, 0) is 73.5 Å². The van der Waals surface area contributed by atoms with Gasteiger partial charge in [-0.1, -0.05) is 0 Å². The number of hydrogen-bond acceptors (Lipinski definition) is 6. The van der Waals surface area contributed by atoms with E-state index in [1.54, 1.807) is 18.7 Å². The second-order valence-electron chi connectivity index (χ2n) is 9.05. The number of nitrogens with zero attached hydrogens (tertiary/aromatic N) is 5. The van der Waals surface area contributed by atoms with E-state index < -0.39 is 0 Å². The quantitative estimate of drug-likeness (QED) is 0.356. The molecule has 0 spiro atoms. The smallest absolute Gasteiger partial charge is 0.138 e. The molecule has 0 bridgehead atoms. The van der Waals surface area contributed by atoms with E-state index in [4.69, 9.17) is 9.40 Å². The average Bonchev–Trinajstić information content (AvgIpc) is 3.70. The molecule has 6 aromatic heterocycles. The average molecular weight is 462 g/mol. The van der Waals surface area contributed by atoms with Crippen LogP contribution in [0, 0.1) is 0 Å². The zero-order chi connectivity index (χ0) is 23.2. The summed E-state index contributed by atoms with van der Waals surface area (Å²) in [5, 5.41) is 8.72. The molecule has 0 aliphatic carbocycles.